The molecule has 0 amide bonds. The fourth-order valence-corrected chi connectivity index (χ4v) is 2.02. The normalized spacial score (nSPS) is 21.2. The third-order valence-electron chi connectivity index (χ3n) is 2.95. The summed E-state index contributed by atoms with van der Waals surface area (Å²) in [5.41, 5.74) is 6.55. The fourth-order valence-electron chi connectivity index (χ4n) is 2.02. The molecule has 0 aliphatic heterocycles. The predicted octanol–water partition coefficient (Wildman–Crippen LogP) is 3.33. The van der Waals surface area contributed by atoms with Crippen molar-refractivity contribution >= 4 is 0 Å². The summed E-state index contributed by atoms with van der Waals surface area (Å²) >= 11 is 0. The molecule has 0 bridgehead atoms. The molecule has 3 heteroatoms. The zero-order chi connectivity index (χ0) is 12.3. The Kier molecular flexibility index (Phi) is 3.79. The topological polar surface area (TPSA) is 35.2 Å². The number of allylic oxidation sites excluding steroid dienone is 1. The summed E-state index contributed by atoms with van der Waals surface area (Å²) in [6.07, 6.45) is 7.54. The molecule has 2 rings (SSSR count). The monoisotopic (exact) mass is 235 g/mol. The maximum absolute atomic E-state index is 13.2. The van der Waals surface area contributed by atoms with E-state index in [1.54, 1.807) is 6.07 Å². The minimum absolute atomic E-state index is 0.0895. The van der Waals surface area contributed by atoms with Gasteiger partial charge in [-0.15, -0.1) is 0 Å². The lowest BCUT2D eigenvalue weighted by molar-refractivity contribution is 0.226. The van der Waals surface area contributed by atoms with Crippen molar-refractivity contribution in [1.82, 2.24) is 0 Å². The summed E-state index contributed by atoms with van der Waals surface area (Å²) in [5, 5.41) is 0. The van der Waals surface area contributed by atoms with Gasteiger partial charge in [-0.1, -0.05) is 6.08 Å². The molecule has 2 N–H and O–H groups in total. The van der Waals surface area contributed by atoms with Crippen LogP contribution in [0, 0.1) is 5.82 Å². The molecule has 0 aromatic heterocycles. The SMILES string of the molecule is CC(N)c1cc(F)ccc1OC1C=CCCC1. The van der Waals surface area contributed by atoms with Gasteiger partial charge in [0.2, 0.25) is 0 Å². The Hall–Kier alpha value is -1.35. The lowest BCUT2D eigenvalue weighted by Gasteiger charge is -2.21. The Morgan fingerprint density at radius 2 is 2.29 bits per heavy atom. The van der Waals surface area contributed by atoms with Crippen molar-refractivity contribution in [1.29, 1.82) is 0 Å². The van der Waals surface area contributed by atoms with Crippen LogP contribution in [0.5, 0.6) is 5.75 Å². The number of ether oxygens (including phenoxy) is 1. The van der Waals surface area contributed by atoms with Gasteiger partial charge in [0.25, 0.3) is 0 Å². The van der Waals surface area contributed by atoms with E-state index in [2.05, 4.69) is 12.2 Å². The third kappa shape index (κ3) is 3.07. The predicted molar refractivity (Wildman–Crippen MR) is 66.4 cm³/mol. The number of hydrogen-bond donors (Lipinski definition) is 1. The Labute approximate surface area is 101 Å². The van der Waals surface area contributed by atoms with E-state index in [-0.39, 0.29) is 18.0 Å². The Balaban J connectivity index is 2.19. The first-order valence-electron chi connectivity index (χ1n) is 6.05. The average Bonchev–Trinajstić information content (AvgIpc) is 2.32. The molecule has 2 atom stereocenters. The smallest absolute Gasteiger partial charge is 0.125 e. The molecule has 2 nitrogen and oxygen atoms in total. The van der Waals surface area contributed by atoms with E-state index in [0.29, 0.717) is 5.75 Å². The third-order valence-corrected chi connectivity index (χ3v) is 2.95. The van der Waals surface area contributed by atoms with E-state index in [9.17, 15) is 4.39 Å². The van der Waals surface area contributed by atoms with Crippen LogP contribution in [-0.4, -0.2) is 6.10 Å². The van der Waals surface area contributed by atoms with E-state index in [4.69, 9.17) is 10.5 Å². The largest absolute Gasteiger partial charge is 0.486 e. The first-order valence-corrected chi connectivity index (χ1v) is 6.05. The quantitative estimate of drug-likeness (QED) is 0.815. The van der Waals surface area contributed by atoms with Gasteiger partial charge in [-0.05, 0) is 50.5 Å². The first-order chi connectivity index (χ1) is 8.16. The highest BCUT2D eigenvalue weighted by molar-refractivity contribution is 5.36. The second kappa shape index (κ2) is 5.32. The maximum Gasteiger partial charge on any atom is 0.125 e. The Morgan fingerprint density at radius 3 is 2.94 bits per heavy atom. The van der Waals surface area contributed by atoms with Crippen LogP contribution >= 0.6 is 0 Å². The van der Waals surface area contributed by atoms with Crippen LogP contribution in [0.1, 0.15) is 37.8 Å². The summed E-state index contributed by atoms with van der Waals surface area (Å²) < 4.78 is 19.0. The molecule has 0 spiro atoms. The second-order valence-electron chi connectivity index (χ2n) is 4.49. The van der Waals surface area contributed by atoms with Crippen LogP contribution < -0.4 is 10.5 Å². The van der Waals surface area contributed by atoms with Crippen molar-refractivity contribution in [2.75, 3.05) is 0 Å². The molecule has 17 heavy (non-hydrogen) atoms. The number of benzene rings is 1. The maximum atomic E-state index is 13.2. The number of nitrogens with two attached hydrogens (primary N) is 1. The zero-order valence-corrected chi connectivity index (χ0v) is 10.0. The highest BCUT2D eigenvalue weighted by Crippen LogP contribution is 2.27. The Morgan fingerprint density at radius 1 is 1.47 bits per heavy atom. The van der Waals surface area contributed by atoms with Gasteiger partial charge in [0, 0.05) is 11.6 Å². The average molecular weight is 235 g/mol. The minimum atomic E-state index is -0.274. The van der Waals surface area contributed by atoms with Gasteiger partial charge < -0.3 is 10.5 Å². The number of halogens is 1. The molecule has 1 aliphatic rings. The fraction of sp³-hybridized carbons (Fsp3) is 0.429. The lowest BCUT2D eigenvalue weighted by Crippen LogP contribution is -2.18. The second-order valence-corrected chi connectivity index (χ2v) is 4.49. The summed E-state index contributed by atoms with van der Waals surface area (Å²) in [6.45, 7) is 1.83. The standard InChI is InChI=1S/C14H18FNO/c1-10(16)13-9-11(15)7-8-14(13)17-12-5-3-2-4-6-12/h3,5,7-10,12H,2,4,6,16H2,1H3. The molecule has 1 aromatic carbocycles. The van der Waals surface area contributed by atoms with Gasteiger partial charge in [-0.25, -0.2) is 4.39 Å². The van der Waals surface area contributed by atoms with Crippen LogP contribution in [0.15, 0.2) is 30.4 Å². The van der Waals surface area contributed by atoms with Crippen LogP contribution in [0.3, 0.4) is 0 Å². The molecule has 0 fully saturated rings. The van der Waals surface area contributed by atoms with E-state index in [1.807, 2.05) is 6.92 Å². The molecule has 0 heterocycles. The summed E-state index contributed by atoms with van der Waals surface area (Å²) in [7, 11) is 0. The highest BCUT2D eigenvalue weighted by Gasteiger charge is 2.14. The van der Waals surface area contributed by atoms with Crippen molar-refractivity contribution in [3.05, 3.63) is 41.7 Å². The van der Waals surface area contributed by atoms with Crippen molar-refractivity contribution in [2.24, 2.45) is 5.73 Å². The van der Waals surface area contributed by atoms with Gasteiger partial charge in [-0.2, -0.15) is 0 Å². The first kappa shape index (κ1) is 12.1. The Bertz CT molecular complexity index is 415. The number of hydrogen-bond acceptors (Lipinski definition) is 2. The van der Waals surface area contributed by atoms with Crippen LogP contribution in [0.2, 0.25) is 0 Å². The molecule has 92 valence electrons. The molecule has 1 aliphatic carbocycles. The molecule has 2 unspecified atom stereocenters. The van der Waals surface area contributed by atoms with Gasteiger partial charge >= 0.3 is 0 Å². The zero-order valence-electron chi connectivity index (χ0n) is 10.0. The van der Waals surface area contributed by atoms with E-state index in [1.165, 1.54) is 12.1 Å². The van der Waals surface area contributed by atoms with Gasteiger partial charge in [0.1, 0.15) is 17.7 Å². The van der Waals surface area contributed by atoms with E-state index in [0.717, 1.165) is 24.8 Å². The van der Waals surface area contributed by atoms with Crippen molar-refractivity contribution < 1.29 is 9.13 Å². The molecule has 0 saturated carbocycles. The summed E-state index contributed by atoms with van der Waals surface area (Å²) in [5.74, 6) is 0.418. The van der Waals surface area contributed by atoms with Crippen LogP contribution in [0.25, 0.3) is 0 Å². The van der Waals surface area contributed by atoms with Gasteiger partial charge in [-0.3, -0.25) is 0 Å². The van der Waals surface area contributed by atoms with E-state index >= 15 is 0 Å². The molecular weight excluding hydrogens is 217 g/mol. The summed E-state index contributed by atoms with van der Waals surface area (Å²) in [4.78, 5) is 0. The van der Waals surface area contributed by atoms with Crippen molar-refractivity contribution in [2.45, 2.75) is 38.3 Å². The molecule has 1 aromatic rings. The summed E-state index contributed by atoms with van der Waals surface area (Å²) in [6, 6.07) is 4.30. The van der Waals surface area contributed by atoms with Gasteiger partial charge in [0.15, 0.2) is 0 Å². The number of rotatable bonds is 3. The van der Waals surface area contributed by atoms with Gasteiger partial charge in [0.05, 0.1) is 0 Å². The van der Waals surface area contributed by atoms with E-state index < -0.39 is 0 Å². The molecule has 0 saturated heterocycles. The van der Waals surface area contributed by atoms with Crippen molar-refractivity contribution in [3.8, 4) is 5.75 Å². The lowest BCUT2D eigenvalue weighted by atomic mass is 10.0. The van der Waals surface area contributed by atoms with Crippen LogP contribution in [0.4, 0.5) is 4.39 Å². The molecular formula is C14H18FNO. The van der Waals surface area contributed by atoms with Crippen LogP contribution in [-0.2, 0) is 0 Å². The molecule has 0 radical (unpaired) electrons. The minimum Gasteiger partial charge on any atom is -0.486 e. The highest BCUT2D eigenvalue weighted by atomic mass is 19.1. The van der Waals surface area contributed by atoms with Crippen molar-refractivity contribution in [3.63, 3.8) is 0 Å².